The van der Waals surface area contributed by atoms with Crippen LogP contribution in [0.1, 0.15) is 31.7 Å². The van der Waals surface area contributed by atoms with Crippen molar-refractivity contribution in [1.29, 1.82) is 0 Å². The van der Waals surface area contributed by atoms with Crippen molar-refractivity contribution >= 4 is 23.2 Å². The monoisotopic (exact) mass is 384 g/mol. The Hall–Kier alpha value is -2.14. The predicted octanol–water partition coefficient (Wildman–Crippen LogP) is 4.06. The molecular weight excluding hydrogens is 356 g/mol. The molecule has 27 heavy (non-hydrogen) atoms. The first-order valence-corrected chi connectivity index (χ1v) is 10.5. The maximum Gasteiger partial charge on any atom is 0.230 e. The van der Waals surface area contributed by atoms with Crippen molar-refractivity contribution in [2.24, 2.45) is 5.41 Å². The summed E-state index contributed by atoms with van der Waals surface area (Å²) in [4.78, 5) is 30.4. The van der Waals surface area contributed by atoms with Crippen molar-refractivity contribution in [1.82, 2.24) is 9.80 Å². The number of likely N-dealkylation sites (tertiary alicyclic amines) is 1. The smallest absolute Gasteiger partial charge is 0.230 e. The van der Waals surface area contributed by atoms with E-state index < -0.39 is 5.41 Å². The van der Waals surface area contributed by atoms with Gasteiger partial charge in [-0.3, -0.25) is 9.59 Å². The number of carbonyl (C=O) groups excluding carboxylic acids is 2. The number of hydrogen-bond donors (Lipinski definition) is 0. The number of hydrogen-bond acceptors (Lipinski definition) is 3. The molecular formula is C22H28N2O2S. The van der Waals surface area contributed by atoms with Crippen LogP contribution in [0.15, 0.2) is 41.8 Å². The van der Waals surface area contributed by atoms with Gasteiger partial charge in [-0.2, -0.15) is 0 Å². The van der Waals surface area contributed by atoms with Crippen LogP contribution in [0.25, 0.3) is 10.4 Å². The number of rotatable bonds is 5. The van der Waals surface area contributed by atoms with E-state index in [0.29, 0.717) is 19.4 Å². The van der Waals surface area contributed by atoms with Crippen LogP contribution in [0, 0.1) is 5.41 Å². The normalized spacial score (nSPS) is 19.7. The second-order valence-electron chi connectivity index (χ2n) is 7.56. The molecule has 1 unspecified atom stereocenters. The summed E-state index contributed by atoms with van der Waals surface area (Å²) in [5, 5.41) is 2.08. The summed E-state index contributed by atoms with van der Waals surface area (Å²) in [6, 6.07) is 12.5. The topological polar surface area (TPSA) is 40.6 Å². The number of piperidine rings is 1. The van der Waals surface area contributed by atoms with Gasteiger partial charge < -0.3 is 9.80 Å². The zero-order valence-corrected chi connectivity index (χ0v) is 17.2. The van der Waals surface area contributed by atoms with Crippen LogP contribution >= 0.6 is 11.3 Å². The summed E-state index contributed by atoms with van der Waals surface area (Å²) in [6.07, 6.45) is 2.83. The van der Waals surface area contributed by atoms with E-state index in [-0.39, 0.29) is 11.8 Å². The van der Waals surface area contributed by atoms with Crippen LogP contribution in [0.2, 0.25) is 0 Å². The third kappa shape index (κ3) is 4.08. The molecule has 2 amide bonds. The van der Waals surface area contributed by atoms with E-state index in [1.165, 1.54) is 16.0 Å². The highest BCUT2D eigenvalue weighted by atomic mass is 32.1. The summed E-state index contributed by atoms with van der Waals surface area (Å²) < 4.78 is 0. The van der Waals surface area contributed by atoms with E-state index in [2.05, 4.69) is 29.6 Å². The van der Waals surface area contributed by atoms with Gasteiger partial charge >= 0.3 is 0 Å². The number of amides is 2. The number of thiophene rings is 1. The Bertz CT molecular complexity index is 800. The quantitative estimate of drug-likeness (QED) is 0.780. The first-order chi connectivity index (χ1) is 13.0. The fourth-order valence-electron chi connectivity index (χ4n) is 4.15. The molecule has 1 atom stereocenters. The average Bonchev–Trinajstić information content (AvgIpc) is 3.21. The van der Waals surface area contributed by atoms with Gasteiger partial charge in [0.05, 0.1) is 5.41 Å². The molecule has 144 valence electrons. The molecule has 0 spiro atoms. The van der Waals surface area contributed by atoms with Crippen molar-refractivity contribution in [3.05, 3.63) is 47.3 Å². The van der Waals surface area contributed by atoms with Gasteiger partial charge in [-0.05, 0) is 41.8 Å². The first-order valence-electron chi connectivity index (χ1n) is 9.58. The van der Waals surface area contributed by atoms with Gasteiger partial charge in [-0.1, -0.05) is 37.3 Å². The lowest BCUT2D eigenvalue weighted by molar-refractivity contribution is -0.147. The average molecular weight is 385 g/mol. The standard InChI is InChI=1S/C22H28N2O2S/c1-4-20(25)24-13-8-12-22(16-24,21(26)23(2)3)15-17-9-5-6-10-18(17)19-11-7-14-27-19/h5-7,9-11,14H,4,8,12-13,15-16H2,1-3H3. The van der Waals surface area contributed by atoms with Crippen LogP contribution in [0.5, 0.6) is 0 Å². The number of benzene rings is 1. The van der Waals surface area contributed by atoms with E-state index in [1.54, 1.807) is 16.2 Å². The van der Waals surface area contributed by atoms with Gasteiger partial charge in [0.25, 0.3) is 0 Å². The van der Waals surface area contributed by atoms with Crippen LogP contribution in [-0.2, 0) is 16.0 Å². The molecule has 4 nitrogen and oxygen atoms in total. The van der Waals surface area contributed by atoms with Crippen molar-refractivity contribution in [3.63, 3.8) is 0 Å². The minimum absolute atomic E-state index is 0.122. The molecule has 0 aliphatic carbocycles. The molecule has 1 aromatic heterocycles. The molecule has 5 heteroatoms. The van der Waals surface area contributed by atoms with Gasteiger partial charge in [0.15, 0.2) is 0 Å². The van der Waals surface area contributed by atoms with Crippen molar-refractivity contribution in [2.45, 2.75) is 32.6 Å². The molecule has 0 N–H and O–H groups in total. The first kappa shape index (κ1) is 19.6. The molecule has 0 saturated carbocycles. The second-order valence-corrected chi connectivity index (χ2v) is 8.51. The molecule has 3 rings (SSSR count). The number of nitrogens with zero attached hydrogens (tertiary/aromatic N) is 2. The molecule has 0 bridgehead atoms. The molecule has 1 aliphatic rings. The lowest BCUT2D eigenvalue weighted by Gasteiger charge is -2.43. The minimum Gasteiger partial charge on any atom is -0.348 e. The van der Waals surface area contributed by atoms with Gasteiger partial charge in [0.2, 0.25) is 11.8 Å². The summed E-state index contributed by atoms with van der Waals surface area (Å²) in [6.45, 7) is 3.15. The molecule has 1 aromatic carbocycles. The third-order valence-electron chi connectivity index (χ3n) is 5.42. The van der Waals surface area contributed by atoms with Gasteiger partial charge in [0.1, 0.15) is 0 Å². The fourth-order valence-corrected chi connectivity index (χ4v) is 4.94. The fraction of sp³-hybridized carbons (Fsp3) is 0.455. The molecule has 1 aliphatic heterocycles. The highest BCUT2D eigenvalue weighted by Crippen LogP contribution is 2.39. The van der Waals surface area contributed by atoms with Crippen molar-refractivity contribution in [2.75, 3.05) is 27.2 Å². The van der Waals surface area contributed by atoms with E-state index in [4.69, 9.17) is 0 Å². The lowest BCUT2D eigenvalue weighted by Crippen LogP contribution is -2.54. The Balaban J connectivity index is 1.99. The molecule has 0 radical (unpaired) electrons. The lowest BCUT2D eigenvalue weighted by atomic mass is 9.73. The van der Waals surface area contributed by atoms with Crippen molar-refractivity contribution in [3.8, 4) is 10.4 Å². The van der Waals surface area contributed by atoms with Crippen LogP contribution in [0.3, 0.4) is 0 Å². The van der Waals surface area contributed by atoms with Crippen LogP contribution in [0.4, 0.5) is 0 Å². The number of carbonyl (C=O) groups is 2. The Kier molecular flexibility index (Phi) is 6.00. The largest absolute Gasteiger partial charge is 0.348 e. The van der Waals surface area contributed by atoms with Gasteiger partial charge in [-0.25, -0.2) is 0 Å². The Morgan fingerprint density at radius 3 is 2.63 bits per heavy atom. The zero-order chi connectivity index (χ0) is 19.4. The Labute approximate surface area is 165 Å². The van der Waals surface area contributed by atoms with Crippen LogP contribution < -0.4 is 0 Å². The van der Waals surface area contributed by atoms with E-state index in [9.17, 15) is 9.59 Å². The zero-order valence-electron chi connectivity index (χ0n) is 16.4. The summed E-state index contributed by atoms with van der Waals surface area (Å²) >= 11 is 1.72. The van der Waals surface area contributed by atoms with Gasteiger partial charge in [-0.15, -0.1) is 11.3 Å². The maximum atomic E-state index is 13.3. The van der Waals surface area contributed by atoms with Crippen LogP contribution in [-0.4, -0.2) is 48.8 Å². The summed E-state index contributed by atoms with van der Waals surface area (Å²) in [7, 11) is 3.63. The highest BCUT2D eigenvalue weighted by molar-refractivity contribution is 7.13. The SMILES string of the molecule is CCC(=O)N1CCCC(Cc2ccccc2-c2cccs2)(C(=O)N(C)C)C1. The summed E-state index contributed by atoms with van der Waals surface area (Å²) in [5.74, 6) is 0.259. The second kappa shape index (κ2) is 8.26. The van der Waals surface area contributed by atoms with Gasteiger partial charge in [0, 0.05) is 38.5 Å². The highest BCUT2D eigenvalue weighted by Gasteiger charge is 2.44. The Morgan fingerprint density at radius 1 is 1.19 bits per heavy atom. The van der Waals surface area contributed by atoms with E-state index in [0.717, 1.165) is 19.4 Å². The predicted molar refractivity (Wildman–Crippen MR) is 111 cm³/mol. The minimum atomic E-state index is -0.556. The molecule has 2 heterocycles. The Morgan fingerprint density at radius 2 is 1.96 bits per heavy atom. The third-order valence-corrected chi connectivity index (χ3v) is 6.33. The maximum absolute atomic E-state index is 13.3. The van der Waals surface area contributed by atoms with Crippen molar-refractivity contribution < 1.29 is 9.59 Å². The molecule has 1 fully saturated rings. The molecule has 1 saturated heterocycles. The molecule has 2 aromatic rings. The van der Waals surface area contributed by atoms with E-state index >= 15 is 0 Å². The summed E-state index contributed by atoms with van der Waals surface area (Å²) in [5.41, 5.74) is 1.82. The van der Waals surface area contributed by atoms with E-state index in [1.807, 2.05) is 38.1 Å².